The van der Waals surface area contributed by atoms with Crippen LogP contribution in [0.25, 0.3) is 0 Å². The Morgan fingerprint density at radius 1 is 0.780 bits per heavy atom. The van der Waals surface area contributed by atoms with E-state index in [1.54, 1.807) is 13.8 Å². The van der Waals surface area contributed by atoms with Crippen LogP contribution in [0.2, 0.25) is 0 Å². The van der Waals surface area contributed by atoms with Gasteiger partial charge in [-0.25, -0.2) is 14.4 Å². The zero-order valence-electron chi connectivity index (χ0n) is 23.2. The number of benzene rings is 3. The molecule has 5 N–H and O–H groups in total. The number of aryl methyl sites for hydroxylation is 3. The maximum atomic E-state index is 12.6. The van der Waals surface area contributed by atoms with Crippen molar-refractivity contribution < 1.29 is 58.9 Å². The van der Waals surface area contributed by atoms with Gasteiger partial charge in [0.1, 0.15) is 51.2 Å². The number of ether oxygens (including phenoxy) is 3. The van der Waals surface area contributed by atoms with E-state index in [1.807, 2.05) is 0 Å². The summed E-state index contributed by atoms with van der Waals surface area (Å²) in [6.07, 6.45) is 0.350. The van der Waals surface area contributed by atoms with Crippen molar-refractivity contribution in [3.63, 3.8) is 0 Å². The third kappa shape index (κ3) is 6.85. The molecule has 0 aliphatic carbocycles. The average Bonchev–Trinajstić information content (AvgIpc) is 2.86. The maximum Gasteiger partial charge on any atom is 0.347 e. The van der Waals surface area contributed by atoms with Crippen LogP contribution in [0.15, 0.2) is 24.3 Å². The van der Waals surface area contributed by atoms with Crippen molar-refractivity contribution in [2.24, 2.45) is 0 Å². The number of phenols is 4. The maximum absolute atomic E-state index is 12.6. The molecule has 0 heterocycles. The number of carbonyl (C=O) groups is 4. The molecule has 0 saturated heterocycles. The first kappa shape index (κ1) is 32.0. The number of carboxylic acids is 1. The van der Waals surface area contributed by atoms with Crippen molar-refractivity contribution in [3.8, 4) is 34.5 Å². The largest absolute Gasteiger partial charge is 0.508 e. The number of phenolic OH excluding ortho intramolecular Hbond substituents is 3. The van der Waals surface area contributed by atoms with Gasteiger partial charge in [-0.05, 0) is 69.5 Å². The molecule has 0 saturated carbocycles. The van der Waals surface area contributed by atoms with Gasteiger partial charge >= 0.3 is 17.9 Å². The van der Waals surface area contributed by atoms with Gasteiger partial charge in [0, 0.05) is 11.6 Å². The Kier molecular flexibility index (Phi) is 10.3. The van der Waals surface area contributed by atoms with Gasteiger partial charge in [0.25, 0.3) is 0 Å². The van der Waals surface area contributed by atoms with E-state index in [2.05, 4.69) is 0 Å². The minimum atomic E-state index is -1.38. The average molecular weight is 571 g/mol. The molecule has 0 bridgehead atoms. The topological polar surface area (TPSA) is 197 Å². The number of rotatable bonds is 7. The van der Waals surface area contributed by atoms with Gasteiger partial charge in [-0.15, -0.1) is 0 Å². The molecular formula is C29H30O12. The molecule has 0 radical (unpaired) electrons. The highest BCUT2D eigenvalue weighted by Crippen LogP contribution is 2.36. The number of hydrogen-bond donors (Lipinski definition) is 5. The number of aldehydes is 1. The monoisotopic (exact) mass is 570 g/mol. The van der Waals surface area contributed by atoms with Crippen LogP contribution >= 0.6 is 0 Å². The van der Waals surface area contributed by atoms with Gasteiger partial charge < -0.3 is 39.7 Å². The van der Waals surface area contributed by atoms with Crippen molar-refractivity contribution in [3.05, 3.63) is 68.8 Å². The quantitative estimate of drug-likeness (QED) is 0.153. The van der Waals surface area contributed by atoms with Crippen molar-refractivity contribution in [2.75, 3.05) is 13.7 Å². The second-order valence-corrected chi connectivity index (χ2v) is 8.76. The van der Waals surface area contributed by atoms with E-state index in [0.29, 0.717) is 17.4 Å². The summed E-state index contributed by atoms with van der Waals surface area (Å²) in [7, 11) is 1.31. The number of carbonyl (C=O) groups excluding carboxylic acids is 3. The predicted molar refractivity (Wildman–Crippen MR) is 145 cm³/mol. The summed E-state index contributed by atoms with van der Waals surface area (Å²) in [6.45, 7) is 7.90. The van der Waals surface area contributed by atoms with Crippen molar-refractivity contribution >= 4 is 24.2 Å². The molecule has 0 aliphatic heterocycles. The van der Waals surface area contributed by atoms with Gasteiger partial charge in [-0.2, -0.15) is 0 Å². The molecule has 0 amide bonds. The molecule has 3 aromatic rings. The number of methoxy groups -OCH3 is 1. The molecule has 0 unspecified atom stereocenters. The molecule has 0 spiro atoms. The van der Waals surface area contributed by atoms with Crippen LogP contribution in [0.3, 0.4) is 0 Å². The summed E-state index contributed by atoms with van der Waals surface area (Å²) in [4.78, 5) is 46.5. The highest BCUT2D eigenvalue weighted by atomic mass is 16.5. The van der Waals surface area contributed by atoms with Gasteiger partial charge in [0.2, 0.25) is 0 Å². The first-order valence-corrected chi connectivity index (χ1v) is 12.0. The van der Waals surface area contributed by atoms with E-state index in [1.165, 1.54) is 46.1 Å². The van der Waals surface area contributed by atoms with E-state index in [0.717, 1.165) is 6.07 Å². The molecular weight excluding hydrogens is 540 g/mol. The fourth-order valence-corrected chi connectivity index (χ4v) is 3.93. The zero-order valence-corrected chi connectivity index (χ0v) is 23.2. The van der Waals surface area contributed by atoms with Crippen LogP contribution < -0.4 is 9.47 Å². The lowest BCUT2D eigenvalue weighted by molar-refractivity contribution is 0.0521. The zero-order chi connectivity index (χ0) is 31.2. The summed E-state index contributed by atoms with van der Waals surface area (Å²) >= 11 is 0. The molecule has 12 nitrogen and oxygen atoms in total. The molecule has 0 fully saturated rings. The Morgan fingerprint density at radius 3 is 1.88 bits per heavy atom. The summed E-state index contributed by atoms with van der Waals surface area (Å²) in [5.41, 5.74) is 0.282. The normalized spacial score (nSPS) is 10.2. The number of carboxylic acid groups (broad SMARTS) is 1. The molecule has 0 atom stereocenters. The third-order valence-corrected chi connectivity index (χ3v) is 5.94. The summed E-state index contributed by atoms with van der Waals surface area (Å²) in [5, 5.41) is 48.0. The molecule has 41 heavy (non-hydrogen) atoms. The number of esters is 2. The number of hydrogen-bond acceptors (Lipinski definition) is 11. The predicted octanol–water partition coefficient (Wildman–Crippen LogP) is 4.34. The Bertz CT molecular complexity index is 1500. The molecule has 3 aromatic carbocycles. The third-order valence-electron chi connectivity index (χ3n) is 5.94. The van der Waals surface area contributed by atoms with Crippen LogP contribution in [0, 0.1) is 27.7 Å². The van der Waals surface area contributed by atoms with Gasteiger partial charge in [0.05, 0.1) is 19.3 Å². The van der Waals surface area contributed by atoms with Gasteiger partial charge in [-0.3, -0.25) is 4.79 Å². The van der Waals surface area contributed by atoms with Crippen LogP contribution in [0.5, 0.6) is 34.5 Å². The molecule has 0 aliphatic rings. The van der Waals surface area contributed by atoms with Crippen LogP contribution in [0.4, 0.5) is 0 Å². The van der Waals surface area contributed by atoms with Crippen LogP contribution in [-0.4, -0.2) is 63.4 Å². The Morgan fingerprint density at radius 2 is 1.37 bits per heavy atom. The number of aromatic carboxylic acids is 1. The smallest absolute Gasteiger partial charge is 0.347 e. The molecule has 218 valence electrons. The van der Waals surface area contributed by atoms with E-state index >= 15 is 0 Å². The van der Waals surface area contributed by atoms with E-state index in [9.17, 15) is 39.6 Å². The fourth-order valence-electron chi connectivity index (χ4n) is 3.93. The second-order valence-electron chi connectivity index (χ2n) is 8.76. The van der Waals surface area contributed by atoms with Gasteiger partial charge in [0.15, 0.2) is 6.29 Å². The molecule has 12 heteroatoms. The van der Waals surface area contributed by atoms with Crippen molar-refractivity contribution in [1.82, 2.24) is 0 Å². The minimum absolute atomic E-state index is 0.0419. The first-order chi connectivity index (χ1) is 19.2. The fraction of sp³-hybridized carbons (Fsp3) is 0.241. The lowest BCUT2D eigenvalue weighted by atomic mass is 10.0. The standard InChI is InChI=1S/C19H18O8.C10H12O4/c1-8-5-13(26-4)11(7-20)17(22)14(8)19(25)27-12-6-9(2)16(21)15(10(12)3)18(23)24;1-3-14-10(13)9-6(2)4-7(11)5-8(9)12/h5-7,21-22H,1-4H3,(H,23,24);4-5,11-12H,3H2,1-2H3. The molecule has 3 rings (SSSR count). The second kappa shape index (κ2) is 13.2. The van der Waals surface area contributed by atoms with E-state index in [4.69, 9.17) is 19.3 Å². The van der Waals surface area contributed by atoms with E-state index < -0.39 is 29.4 Å². The summed E-state index contributed by atoms with van der Waals surface area (Å²) in [5.74, 6) is -4.30. The minimum Gasteiger partial charge on any atom is -0.508 e. The lowest BCUT2D eigenvalue weighted by Crippen LogP contribution is -2.14. The lowest BCUT2D eigenvalue weighted by Gasteiger charge is -2.16. The molecule has 0 aromatic heterocycles. The highest BCUT2D eigenvalue weighted by Gasteiger charge is 2.26. The van der Waals surface area contributed by atoms with Gasteiger partial charge in [-0.1, -0.05) is 0 Å². The van der Waals surface area contributed by atoms with Crippen molar-refractivity contribution in [1.29, 1.82) is 0 Å². The van der Waals surface area contributed by atoms with Crippen LogP contribution in [-0.2, 0) is 4.74 Å². The SMILES string of the molecule is CCOC(=O)c1c(C)cc(O)cc1O.COc1cc(C)c(C(=O)Oc2cc(C)c(O)c(C(=O)O)c2C)c(O)c1C=O. The Balaban J connectivity index is 0.000000353. The Labute approximate surface area is 235 Å². The van der Waals surface area contributed by atoms with Crippen LogP contribution in [0.1, 0.15) is 70.6 Å². The Hall–Kier alpha value is -5.26. The summed E-state index contributed by atoms with van der Waals surface area (Å²) in [6, 6.07) is 5.22. The summed E-state index contributed by atoms with van der Waals surface area (Å²) < 4.78 is 15.0. The number of aromatic hydroxyl groups is 4. The highest BCUT2D eigenvalue weighted by molar-refractivity contribution is 6.01. The van der Waals surface area contributed by atoms with E-state index in [-0.39, 0.29) is 63.0 Å². The van der Waals surface area contributed by atoms with Crippen molar-refractivity contribution in [2.45, 2.75) is 34.6 Å². The first-order valence-electron chi connectivity index (χ1n) is 12.0.